The summed E-state index contributed by atoms with van der Waals surface area (Å²) in [7, 11) is 3.09. The fraction of sp³-hybridized carbons (Fsp3) is 0.462. The molecule has 0 N–H and O–H groups in total. The van der Waals surface area contributed by atoms with Crippen LogP contribution < -0.4 is 0 Å². The summed E-state index contributed by atoms with van der Waals surface area (Å²) in [6.07, 6.45) is 1.83. The maximum absolute atomic E-state index is 12.4. The number of hydrogen-bond acceptors (Lipinski definition) is 4. The van der Waals surface area contributed by atoms with Crippen LogP contribution in [0.3, 0.4) is 0 Å². The number of halogens is 1. The Labute approximate surface area is 122 Å². The number of piperidine rings is 1. The van der Waals surface area contributed by atoms with Gasteiger partial charge in [-0.05, 0) is 31.0 Å². The second-order valence-electron chi connectivity index (χ2n) is 4.72. The van der Waals surface area contributed by atoms with Crippen LogP contribution in [0.4, 0.5) is 0 Å². The van der Waals surface area contributed by atoms with Crippen LogP contribution in [0.15, 0.2) is 29.2 Å². The van der Waals surface area contributed by atoms with E-state index in [1.807, 2.05) is 0 Å². The number of carbonyl (C=O) groups is 1. The third-order valence-corrected chi connectivity index (χ3v) is 4.71. The molecule has 0 bridgehead atoms. The highest BCUT2D eigenvalue weighted by molar-refractivity contribution is 8.13. The summed E-state index contributed by atoms with van der Waals surface area (Å²) in [5.74, 6) is -0.200. The van der Waals surface area contributed by atoms with Crippen LogP contribution in [0, 0.1) is 0 Å². The first-order chi connectivity index (χ1) is 9.41. The molecule has 0 saturated carbocycles. The molecular weight excluding hydrogens is 302 g/mol. The molecule has 1 heterocycles. The van der Waals surface area contributed by atoms with E-state index in [2.05, 4.69) is 0 Å². The van der Waals surface area contributed by atoms with Crippen molar-refractivity contribution < 1.29 is 17.9 Å². The summed E-state index contributed by atoms with van der Waals surface area (Å²) in [5.41, 5.74) is 0.323. The molecule has 1 aromatic carbocycles. The molecule has 20 heavy (non-hydrogen) atoms. The molecule has 110 valence electrons. The minimum Gasteiger partial charge on any atom is -0.380 e. The monoisotopic (exact) mass is 317 g/mol. The molecule has 7 heteroatoms. The highest BCUT2D eigenvalue weighted by Crippen LogP contribution is 2.19. The topological polar surface area (TPSA) is 63.7 Å². The van der Waals surface area contributed by atoms with E-state index >= 15 is 0 Å². The van der Waals surface area contributed by atoms with E-state index in [0.717, 1.165) is 12.8 Å². The molecule has 1 aliphatic heterocycles. The molecule has 1 saturated heterocycles. The Morgan fingerprint density at radius 1 is 1.45 bits per heavy atom. The Hall–Kier alpha value is -1.11. The molecule has 0 spiro atoms. The minimum absolute atomic E-state index is 0.0349. The fourth-order valence-electron chi connectivity index (χ4n) is 2.28. The van der Waals surface area contributed by atoms with Crippen molar-refractivity contribution in [2.24, 2.45) is 0 Å². The van der Waals surface area contributed by atoms with E-state index < -0.39 is 9.05 Å². The first-order valence-electron chi connectivity index (χ1n) is 6.28. The normalized spacial score (nSPS) is 19.9. The number of carbonyl (C=O) groups excluding carboxylic acids is 1. The van der Waals surface area contributed by atoms with Crippen molar-refractivity contribution in [3.8, 4) is 0 Å². The Balaban J connectivity index is 2.21. The lowest BCUT2D eigenvalue weighted by Gasteiger charge is -2.32. The number of hydrogen-bond donors (Lipinski definition) is 0. The summed E-state index contributed by atoms with van der Waals surface area (Å²) < 4.78 is 27.9. The summed E-state index contributed by atoms with van der Waals surface area (Å²) in [6.45, 7) is 1.17. The number of rotatable bonds is 3. The van der Waals surface area contributed by atoms with Crippen LogP contribution >= 0.6 is 10.7 Å². The average molecular weight is 318 g/mol. The molecule has 1 atom stereocenters. The van der Waals surface area contributed by atoms with Crippen LogP contribution in [0.2, 0.25) is 0 Å². The number of ether oxygens (including phenoxy) is 1. The molecule has 0 aromatic heterocycles. The van der Waals surface area contributed by atoms with Crippen LogP contribution in [-0.2, 0) is 13.8 Å². The molecule has 2 rings (SSSR count). The molecule has 1 unspecified atom stereocenters. The van der Waals surface area contributed by atoms with Crippen LogP contribution in [0.25, 0.3) is 0 Å². The zero-order valence-electron chi connectivity index (χ0n) is 11.1. The lowest BCUT2D eigenvalue weighted by Crippen LogP contribution is -2.42. The quantitative estimate of drug-likeness (QED) is 0.798. The molecule has 5 nitrogen and oxygen atoms in total. The third-order valence-electron chi connectivity index (χ3n) is 3.36. The van der Waals surface area contributed by atoms with Crippen LogP contribution in [-0.4, -0.2) is 45.5 Å². The van der Waals surface area contributed by atoms with Gasteiger partial charge >= 0.3 is 0 Å². The average Bonchev–Trinajstić information content (AvgIpc) is 2.46. The van der Waals surface area contributed by atoms with E-state index in [1.54, 1.807) is 18.1 Å². The molecular formula is C13H16ClNO4S. The van der Waals surface area contributed by atoms with Gasteiger partial charge in [0.1, 0.15) is 0 Å². The van der Waals surface area contributed by atoms with Crippen LogP contribution in [0.1, 0.15) is 23.2 Å². The molecule has 0 aliphatic carbocycles. The molecule has 1 fully saturated rings. The first-order valence-corrected chi connectivity index (χ1v) is 8.59. The smallest absolute Gasteiger partial charge is 0.261 e. The zero-order valence-corrected chi connectivity index (χ0v) is 12.7. The predicted molar refractivity (Wildman–Crippen MR) is 75.4 cm³/mol. The SMILES string of the molecule is COC1CCCN(C(=O)c2cccc(S(=O)(=O)Cl)c2)C1. The van der Waals surface area contributed by atoms with Crippen molar-refractivity contribution in [2.75, 3.05) is 20.2 Å². The van der Waals surface area contributed by atoms with Crippen molar-refractivity contribution in [1.82, 2.24) is 4.90 Å². The largest absolute Gasteiger partial charge is 0.380 e. The Morgan fingerprint density at radius 3 is 2.85 bits per heavy atom. The van der Waals surface area contributed by atoms with Gasteiger partial charge in [-0.3, -0.25) is 4.79 Å². The number of nitrogens with zero attached hydrogens (tertiary/aromatic N) is 1. The van der Waals surface area contributed by atoms with Gasteiger partial charge < -0.3 is 9.64 Å². The molecule has 1 amide bonds. The van der Waals surface area contributed by atoms with Crippen molar-refractivity contribution >= 4 is 25.6 Å². The van der Waals surface area contributed by atoms with Gasteiger partial charge in [0.15, 0.2) is 0 Å². The lowest BCUT2D eigenvalue weighted by molar-refractivity contribution is 0.0269. The lowest BCUT2D eigenvalue weighted by atomic mass is 10.1. The van der Waals surface area contributed by atoms with Crippen molar-refractivity contribution in [3.05, 3.63) is 29.8 Å². The van der Waals surface area contributed by atoms with E-state index in [9.17, 15) is 13.2 Å². The summed E-state index contributed by atoms with van der Waals surface area (Å²) in [4.78, 5) is 14.0. The Bertz CT molecular complexity index is 602. The third kappa shape index (κ3) is 3.50. The van der Waals surface area contributed by atoms with Gasteiger partial charge in [0.2, 0.25) is 0 Å². The maximum atomic E-state index is 12.4. The van der Waals surface area contributed by atoms with E-state index in [4.69, 9.17) is 15.4 Å². The van der Waals surface area contributed by atoms with E-state index in [0.29, 0.717) is 18.7 Å². The highest BCUT2D eigenvalue weighted by atomic mass is 35.7. The van der Waals surface area contributed by atoms with Gasteiger partial charge in [-0.2, -0.15) is 0 Å². The van der Waals surface area contributed by atoms with Gasteiger partial charge in [-0.25, -0.2) is 8.42 Å². The zero-order chi connectivity index (χ0) is 14.8. The Morgan fingerprint density at radius 2 is 2.20 bits per heavy atom. The minimum atomic E-state index is -3.83. The van der Waals surface area contributed by atoms with Crippen molar-refractivity contribution in [1.29, 1.82) is 0 Å². The number of likely N-dealkylation sites (tertiary alicyclic amines) is 1. The summed E-state index contributed by atoms with van der Waals surface area (Å²) >= 11 is 0. The van der Waals surface area contributed by atoms with Gasteiger partial charge in [-0.1, -0.05) is 6.07 Å². The van der Waals surface area contributed by atoms with E-state index in [1.165, 1.54) is 18.2 Å². The van der Waals surface area contributed by atoms with Gasteiger partial charge in [0, 0.05) is 36.4 Å². The summed E-state index contributed by atoms with van der Waals surface area (Å²) in [6, 6.07) is 5.78. The second kappa shape index (κ2) is 6.11. The van der Waals surface area contributed by atoms with Crippen molar-refractivity contribution in [2.45, 2.75) is 23.8 Å². The second-order valence-corrected chi connectivity index (χ2v) is 7.28. The molecule has 0 radical (unpaired) electrons. The maximum Gasteiger partial charge on any atom is 0.261 e. The first kappa shape index (κ1) is 15.3. The Kier molecular flexibility index (Phi) is 4.67. The number of methoxy groups -OCH3 is 1. The molecule has 1 aliphatic rings. The highest BCUT2D eigenvalue weighted by Gasteiger charge is 2.25. The van der Waals surface area contributed by atoms with E-state index in [-0.39, 0.29) is 16.9 Å². The molecule has 1 aromatic rings. The van der Waals surface area contributed by atoms with Gasteiger partial charge in [0.05, 0.1) is 11.0 Å². The van der Waals surface area contributed by atoms with Gasteiger partial charge in [0.25, 0.3) is 15.0 Å². The predicted octanol–water partition coefficient (Wildman–Crippen LogP) is 1.87. The number of amides is 1. The van der Waals surface area contributed by atoms with Crippen molar-refractivity contribution in [3.63, 3.8) is 0 Å². The summed E-state index contributed by atoms with van der Waals surface area (Å²) in [5, 5.41) is 0. The van der Waals surface area contributed by atoms with Crippen LogP contribution in [0.5, 0.6) is 0 Å². The van der Waals surface area contributed by atoms with Gasteiger partial charge in [-0.15, -0.1) is 0 Å². The standard InChI is InChI=1S/C13H16ClNO4S/c1-19-11-5-3-7-15(9-11)13(16)10-4-2-6-12(8-10)20(14,17)18/h2,4,6,8,11H,3,5,7,9H2,1H3. The number of benzene rings is 1. The fourth-order valence-corrected chi connectivity index (χ4v) is 3.08.